The molecule has 1 aromatic carbocycles. The quantitative estimate of drug-likeness (QED) is 0.945. The van der Waals surface area contributed by atoms with Gasteiger partial charge in [0, 0.05) is 49.3 Å². The van der Waals surface area contributed by atoms with Crippen molar-refractivity contribution in [1.82, 2.24) is 9.88 Å². The molecule has 5 heteroatoms. The molecule has 1 saturated heterocycles. The maximum atomic E-state index is 12.1. The molecule has 1 fully saturated rings. The third-order valence-electron chi connectivity index (χ3n) is 3.85. The SMILES string of the molecule is CC(=O)SCC1CC(=O)N(Cc2c[nH]c3ccccc23)C1. The maximum absolute atomic E-state index is 12.1. The largest absolute Gasteiger partial charge is 0.361 e. The van der Waals surface area contributed by atoms with E-state index in [0.717, 1.165) is 23.4 Å². The molecule has 1 aliphatic rings. The van der Waals surface area contributed by atoms with Crippen molar-refractivity contribution in [2.45, 2.75) is 19.9 Å². The number of aromatic amines is 1. The highest BCUT2D eigenvalue weighted by atomic mass is 32.2. The van der Waals surface area contributed by atoms with E-state index >= 15 is 0 Å². The van der Waals surface area contributed by atoms with Gasteiger partial charge in [-0.25, -0.2) is 0 Å². The van der Waals surface area contributed by atoms with Crippen LogP contribution in [0.4, 0.5) is 0 Å². The summed E-state index contributed by atoms with van der Waals surface area (Å²) in [6.45, 7) is 2.97. The van der Waals surface area contributed by atoms with Gasteiger partial charge in [-0.05, 0) is 17.5 Å². The number of fused-ring (bicyclic) bond motifs is 1. The zero-order valence-electron chi connectivity index (χ0n) is 12.0. The summed E-state index contributed by atoms with van der Waals surface area (Å²) in [5.74, 6) is 1.22. The molecule has 3 rings (SSSR count). The summed E-state index contributed by atoms with van der Waals surface area (Å²) >= 11 is 1.32. The molecular weight excluding hydrogens is 284 g/mol. The Kier molecular flexibility index (Phi) is 4.01. The van der Waals surface area contributed by atoms with Gasteiger partial charge in [0.1, 0.15) is 0 Å². The fourth-order valence-corrected chi connectivity index (χ4v) is 3.52. The molecule has 1 aromatic heterocycles. The van der Waals surface area contributed by atoms with E-state index in [4.69, 9.17) is 0 Å². The first-order valence-electron chi connectivity index (χ1n) is 7.09. The molecule has 110 valence electrons. The molecule has 21 heavy (non-hydrogen) atoms. The third-order valence-corrected chi connectivity index (χ3v) is 4.90. The van der Waals surface area contributed by atoms with Crippen molar-refractivity contribution in [3.63, 3.8) is 0 Å². The molecule has 1 atom stereocenters. The van der Waals surface area contributed by atoms with Crippen molar-refractivity contribution in [2.75, 3.05) is 12.3 Å². The normalized spacial score (nSPS) is 18.6. The molecule has 0 bridgehead atoms. The van der Waals surface area contributed by atoms with Crippen LogP contribution in [0.15, 0.2) is 30.5 Å². The highest BCUT2D eigenvalue weighted by molar-refractivity contribution is 8.13. The Bertz CT molecular complexity index is 680. The number of amides is 1. The summed E-state index contributed by atoms with van der Waals surface area (Å²) in [6, 6.07) is 8.12. The van der Waals surface area contributed by atoms with Gasteiger partial charge in [0.2, 0.25) is 5.91 Å². The number of carbonyl (C=O) groups excluding carboxylic acids is 2. The van der Waals surface area contributed by atoms with Crippen LogP contribution in [0.25, 0.3) is 10.9 Å². The van der Waals surface area contributed by atoms with Crippen molar-refractivity contribution in [2.24, 2.45) is 5.92 Å². The van der Waals surface area contributed by atoms with Gasteiger partial charge in [-0.15, -0.1) is 0 Å². The smallest absolute Gasteiger partial charge is 0.223 e. The molecule has 2 heterocycles. The molecule has 0 spiro atoms. The molecule has 1 amide bonds. The Morgan fingerprint density at radius 3 is 3.05 bits per heavy atom. The maximum Gasteiger partial charge on any atom is 0.223 e. The number of H-pyrrole nitrogens is 1. The summed E-state index contributed by atoms with van der Waals surface area (Å²) in [4.78, 5) is 28.3. The fourth-order valence-electron chi connectivity index (χ4n) is 2.82. The number of rotatable bonds is 4. The van der Waals surface area contributed by atoms with E-state index < -0.39 is 0 Å². The van der Waals surface area contributed by atoms with Gasteiger partial charge in [-0.1, -0.05) is 30.0 Å². The molecule has 1 N–H and O–H groups in total. The molecule has 2 aromatic rings. The minimum Gasteiger partial charge on any atom is -0.361 e. The molecule has 1 unspecified atom stereocenters. The summed E-state index contributed by atoms with van der Waals surface area (Å²) in [7, 11) is 0. The van der Waals surface area contributed by atoms with Crippen LogP contribution in [0.3, 0.4) is 0 Å². The van der Waals surface area contributed by atoms with Crippen LogP contribution < -0.4 is 0 Å². The van der Waals surface area contributed by atoms with E-state index in [9.17, 15) is 9.59 Å². The topological polar surface area (TPSA) is 53.2 Å². The number of likely N-dealkylation sites (tertiary alicyclic amines) is 1. The number of hydrogen-bond acceptors (Lipinski definition) is 3. The minimum atomic E-state index is 0.123. The average molecular weight is 302 g/mol. The summed E-state index contributed by atoms with van der Waals surface area (Å²) in [5, 5.41) is 1.30. The number of para-hydroxylation sites is 1. The number of hydrogen-bond donors (Lipinski definition) is 1. The van der Waals surface area contributed by atoms with Gasteiger partial charge < -0.3 is 9.88 Å². The second kappa shape index (κ2) is 5.93. The van der Waals surface area contributed by atoms with Crippen LogP contribution in [0.5, 0.6) is 0 Å². The van der Waals surface area contributed by atoms with E-state index in [0.29, 0.717) is 13.0 Å². The highest BCUT2D eigenvalue weighted by Gasteiger charge is 2.30. The zero-order valence-corrected chi connectivity index (χ0v) is 12.8. The predicted octanol–water partition coefficient (Wildman–Crippen LogP) is 2.80. The van der Waals surface area contributed by atoms with Crippen LogP contribution in [-0.2, 0) is 16.1 Å². The number of nitrogens with zero attached hydrogens (tertiary/aromatic N) is 1. The predicted molar refractivity (Wildman–Crippen MR) is 85.0 cm³/mol. The van der Waals surface area contributed by atoms with Gasteiger partial charge >= 0.3 is 0 Å². The fraction of sp³-hybridized carbons (Fsp3) is 0.375. The van der Waals surface area contributed by atoms with Gasteiger partial charge in [-0.2, -0.15) is 0 Å². The number of aromatic nitrogens is 1. The monoisotopic (exact) mass is 302 g/mol. The molecule has 4 nitrogen and oxygen atoms in total. The van der Waals surface area contributed by atoms with Crippen molar-refractivity contribution in [3.05, 3.63) is 36.0 Å². The standard InChI is InChI=1S/C16H18N2O2S/c1-11(19)21-10-12-6-16(20)18(8-12)9-13-7-17-15-5-3-2-4-14(13)15/h2-5,7,12,17H,6,8-10H2,1H3. The van der Waals surface area contributed by atoms with Crippen LogP contribution in [0.1, 0.15) is 18.9 Å². The first-order valence-corrected chi connectivity index (χ1v) is 8.08. The lowest BCUT2D eigenvalue weighted by Crippen LogP contribution is -2.24. The van der Waals surface area contributed by atoms with E-state index in [1.54, 1.807) is 6.92 Å². The van der Waals surface area contributed by atoms with Crippen LogP contribution in [0, 0.1) is 5.92 Å². The van der Waals surface area contributed by atoms with E-state index in [1.165, 1.54) is 17.1 Å². The number of nitrogens with one attached hydrogen (secondary N) is 1. The van der Waals surface area contributed by atoms with Gasteiger partial charge in [0.05, 0.1) is 0 Å². The molecule has 0 radical (unpaired) electrons. The summed E-state index contributed by atoms with van der Waals surface area (Å²) in [6.07, 6.45) is 2.54. The lowest BCUT2D eigenvalue weighted by molar-refractivity contribution is -0.128. The van der Waals surface area contributed by atoms with Crippen molar-refractivity contribution < 1.29 is 9.59 Å². The van der Waals surface area contributed by atoms with Gasteiger partial charge in [0.15, 0.2) is 5.12 Å². The van der Waals surface area contributed by atoms with Crippen molar-refractivity contribution >= 4 is 33.7 Å². The Morgan fingerprint density at radius 1 is 1.43 bits per heavy atom. The third kappa shape index (κ3) is 3.13. The van der Waals surface area contributed by atoms with E-state index in [2.05, 4.69) is 11.1 Å². The van der Waals surface area contributed by atoms with Crippen molar-refractivity contribution in [1.29, 1.82) is 0 Å². The highest BCUT2D eigenvalue weighted by Crippen LogP contribution is 2.26. The molecular formula is C16H18N2O2S. The average Bonchev–Trinajstić information content (AvgIpc) is 3.02. The first-order chi connectivity index (χ1) is 10.1. The second-order valence-corrected chi connectivity index (χ2v) is 6.70. The number of benzene rings is 1. The second-order valence-electron chi connectivity index (χ2n) is 5.51. The van der Waals surface area contributed by atoms with Crippen LogP contribution in [0.2, 0.25) is 0 Å². The summed E-state index contributed by atoms with van der Waals surface area (Å²) in [5.41, 5.74) is 2.25. The van der Waals surface area contributed by atoms with Crippen LogP contribution >= 0.6 is 11.8 Å². The zero-order chi connectivity index (χ0) is 14.8. The molecule has 0 aliphatic carbocycles. The first kappa shape index (κ1) is 14.2. The van der Waals surface area contributed by atoms with Crippen molar-refractivity contribution in [3.8, 4) is 0 Å². The van der Waals surface area contributed by atoms with E-state index in [-0.39, 0.29) is 16.9 Å². The number of carbonyl (C=O) groups is 2. The summed E-state index contributed by atoms with van der Waals surface area (Å²) < 4.78 is 0. The Hall–Kier alpha value is -1.75. The van der Waals surface area contributed by atoms with E-state index in [1.807, 2.05) is 29.3 Å². The Labute approximate surface area is 127 Å². The van der Waals surface area contributed by atoms with Gasteiger partial charge in [-0.3, -0.25) is 9.59 Å². The Morgan fingerprint density at radius 2 is 2.24 bits per heavy atom. The Balaban J connectivity index is 1.68. The lowest BCUT2D eigenvalue weighted by atomic mass is 10.1. The lowest BCUT2D eigenvalue weighted by Gasteiger charge is -2.16. The minimum absolute atomic E-state index is 0.123. The van der Waals surface area contributed by atoms with Gasteiger partial charge in [0.25, 0.3) is 0 Å². The molecule has 0 saturated carbocycles. The number of thioether (sulfide) groups is 1. The van der Waals surface area contributed by atoms with Crippen LogP contribution in [-0.4, -0.2) is 33.2 Å². The molecule has 1 aliphatic heterocycles.